The van der Waals surface area contributed by atoms with Crippen LogP contribution in [0.4, 0.5) is 4.39 Å². The van der Waals surface area contributed by atoms with Crippen LogP contribution < -0.4 is 0 Å². The Balaban J connectivity index is 1.74. The summed E-state index contributed by atoms with van der Waals surface area (Å²) in [7, 11) is 0. The van der Waals surface area contributed by atoms with Gasteiger partial charge in [0.1, 0.15) is 5.82 Å². The van der Waals surface area contributed by atoms with Gasteiger partial charge in [0.25, 0.3) is 0 Å². The van der Waals surface area contributed by atoms with E-state index >= 15 is 0 Å². The fraction of sp³-hybridized carbons (Fsp3) is 0.379. The van der Waals surface area contributed by atoms with E-state index in [9.17, 15) is 14.0 Å². The van der Waals surface area contributed by atoms with E-state index in [1.165, 1.54) is 17.0 Å². The molecule has 186 valence electrons. The quantitative estimate of drug-likeness (QED) is 0.299. The number of hydrogen-bond donors (Lipinski definition) is 0. The minimum Gasteiger partial charge on any atom is -0.333 e. The summed E-state index contributed by atoms with van der Waals surface area (Å²) in [6, 6.07) is 20.3. The number of benzene rings is 2. The van der Waals surface area contributed by atoms with E-state index in [-0.39, 0.29) is 24.2 Å². The first kappa shape index (κ1) is 26.6. The molecule has 1 aromatic heterocycles. The van der Waals surface area contributed by atoms with E-state index in [4.69, 9.17) is 0 Å². The molecule has 4 nitrogen and oxygen atoms in total. The summed E-state index contributed by atoms with van der Waals surface area (Å²) in [5, 5.41) is 0. The highest BCUT2D eigenvalue weighted by Crippen LogP contribution is 2.20. The van der Waals surface area contributed by atoms with E-state index < -0.39 is 0 Å². The number of rotatable bonds is 12. The van der Waals surface area contributed by atoms with Crippen LogP contribution in [0.5, 0.6) is 0 Å². The third-order valence-corrected chi connectivity index (χ3v) is 7.15. The smallest absolute Gasteiger partial charge is 0.242 e. The molecule has 0 aliphatic heterocycles. The van der Waals surface area contributed by atoms with Crippen LogP contribution >= 0.6 is 11.3 Å². The summed E-state index contributed by atoms with van der Waals surface area (Å²) in [4.78, 5) is 32.5. The van der Waals surface area contributed by atoms with Gasteiger partial charge in [0, 0.05) is 29.3 Å². The van der Waals surface area contributed by atoms with Crippen molar-refractivity contribution in [2.45, 2.75) is 53.1 Å². The molecule has 2 aromatic carbocycles. The first-order chi connectivity index (χ1) is 16.8. The van der Waals surface area contributed by atoms with Gasteiger partial charge >= 0.3 is 0 Å². The van der Waals surface area contributed by atoms with Crippen LogP contribution in [0, 0.1) is 18.7 Å². The lowest BCUT2D eigenvalue weighted by Gasteiger charge is -2.29. The molecule has 1 heterocycles. The van der Waals surface area contributed by atoms with Gasteiger partial charge in [0.15, 0.2) is 0 Å². The summed E-state index contributed by atoms with van der Waals surface area (Å²) in [5.74, 6) is -0.105. The molecule has 0 saturated heterocycles. The van der Waals surface area contributed by atoms with E-state index in [1.807, 2.05) is 49.4 Å². The van der Waals surface area contributed by atoms with Crippen molar-refractivity contribution < 1.29 is 14.0 Å². The Morgan fingerprint density at radius 2 is 1.60 bits per heavy atom. The lowest BCUT2D eigenvalue weighted by atomic mass is 10.1. The van der Waals surface area contributed by atoms with Crippen LogP contribution in [-0.2, 0) is 29.1 Å². The van der Waals surface area contributed by atoms with Crippen molar-refractivity contribution in [2.24, 2.45) is 5.92 Å². The predicted octanol–water partition coefficient (Wildman–Crippen LogP) is 6.23. The highest BCUT2D eigenvalue weighted by atomic mass is 32.1. The van der Waals surface area contributed by atoms with E-state index in [0.717, 1.165) is 22.4 Å². The Morgan fingerprint density at radius 1 is 0.886 bits per heavy atom. The Kier molecular flexibility index (Phi) is 10.0. The van der Waals surface area contributed by atoms with Gasteiger partial charge in [-0.1, -0.05) is 62.7 Å². The molecule has 0 aliphatic carbocycles. The minimum atomic E-state index is -0.302. The number of aryl methyl sites for hydroxylation is 2. The molecule has 0 bridgehead atoms. The number of nitrogens with zero attached hydrogens (tertiary/aromatic N) is 2. The normalized spacial score (nSPS) is 11.8. The van der Waals surface area contributed by atoms with Crippen LogP contribution in [0.3, 0.4) is 0 Å². The van der Waals surface area contributed by atoms with Crippen molar-refractivity contribution in [3.8, 4) is 0 Å². The molecular weight excluding hydrogens is 459 g/mol. The molecule has 1 atom stereocenters. The fourth-order valence-electron chi connectivity index (χ4n) is 3.88. The average Bonchev–Trinajstić information content (AvgIpc) is 3.27. The number of carbonyl (C=O) groups is 2. The van der Waals surface area contributed by atoms with Gasteiger partial charge in [-0.15, -0.1) is 11.3 Å². The maximum Gasteiger partial charge on any atom is 0.242 e. The Labute approximate surface area is 212 Å². The lowest BCUT2D eigenvalue weighted by molar-refractivity contribution is -0.141. The zero-order valence-corrected chi connectivity index (χ0v) is 21.7. The average molecular weight is 495 g/mol. The number of halogens is 1. The second kappa shape index (κ2) is 13.2. The maximum absolute atomic E-state index is 13.5. The second-order valence-corrected chi connectivity index (χ2v) is 10.5. The summed E-state index contributed by atoms with van der Waals surface area (Å²) in [6.07, 6.45) is 1.96. The summed E-state index contributed by atoms with van der Waals surface area (Å²) in [5.41, 5.74) is 1.97. The standard InChI is InChI=1S/C29H35FN2O2S/c1-4-22(2)18-31(28(33)17-13-24-8-6-5-7-9-24)21-29(34)32(20-27-16-10-23(3)35-27)19-25-11-14-26(30)15-12-25/h5-12,14-16,22H,4,13,17-21H2,1-3H3. The molecule has 2 amide bonds. The molecule has 6 heteroatoms. The molecule has 0 saturated carbocycles. The summed E-state index contributed by atoms with van der Waals surface area (Å²) >= 11 is 1.66. The molecule has 0 aliphatic rings. The topological polar surface area (TPSA) is 40.6 Å². The molecule has 3 aromatic rings. The Hall–Kier alpha value is -2.99. The molecule has 3 rings (SSSR count). The Bertz CT molecular complexity index is 1080. The van der Waals surface area contributed by atoms with Crippen molar-refractivity contribution in [1.82, 2.24) is 9.80 Å². The molecule has 0 radical (unpaired) electrons. The zero-order chi connectivity index (χ0) is 25.2. The van der Waals surface area contributed by atoms with Gasteiger partial charge < -0.3 is 9.80 Å². The molecule has 1 unspecified atom stereocenters. The lowest BCUT2D eigenvalue weighted by Crippen LogP contribution is -2.44. The number of carbonyl (C=O) groups excluding carboxylic acids is 2. The SMILES string of the molecule is CCC(C)CN(CC(=O)N(Cc1ccc(F)cc1)Cc1ccc(C)s1)C(=O)CCc1ccccc1. The first-order valence-electron chi connectivity index (χ1n) is 12.2. The van der Waals surface area contributed by atoms with E-state index in [0.29, 0.717) is 38.4 Å². The number of amides is 2. The second-order valence-electron chi connectivity index (χ2n) is 9.16. The van der Waals surface area contributed by atoms with Crippen LogP contribution in [0.25, 0.3) is 0 Å². The summed E-state index contributed by atoms with van der Waals surface area (Å²) in [6.45, 7) is 7.67. The van der Waals surface area contributed by atoms with Gasteiger partial charge in [0.2, 0.25) is 11.8 Å². The van der Waals surface area contributed by atoms with Crippen molar-refractivity contribution in [1.29, 1.82) is 0 Å². The largest absolute Gasteiger partial charge is 0.333 e. The van der Waals surface area contributed by atoms with Crippen LogP contribution in [-0.4, -0.2) is 34.7 Å². The van der Waals surface area contributed by atoms with Crippen LogP contribution in [0.1, 0.15) is 47.6 Å². The highest BCUT2D eigenvalue weighted by molar-refractivity contribution is 7.11. The van der Waals surface area contributed by atoms with E-state index in [1.54, 1.807) is 33.3 Å². The molecule has 0 N–H and O–H groups in total. The number of hydrogen-bond acceptors (Lipinski definition) is 3. The van der Waals surface area contributed by atoms with Crippen molar-refractivity contribution >= 4 is 23.2 Å². The van der Waals surface area contributed by atoms with Gasteiger partial charge in [-0.25, -0.2) is 4.39 Å². The Morgan fingerprint density at radius 3 is 2.23 bits per heavy atom. The van der Waals surface area contributed by atoms with E-state index in [2.05, 4.69) is 13.8 Å². The summed E-state index contributed by atoms with van der Waals surface area (Å²) < 4.78 is 13.4. The van der Waals surface area contributed by atoms with Crippen LogP contribution in [0.15, 0.2) is 66.7 Å². The fourth-order valence-corrected chi connectivity index (χ4v) is 4.78. The molecule has 0 fully saturated rings. The third kappa shape index (κ3) is 8.62. The highest BCUT2D eigenvalue weighted by Gasteiger charge is 2.23. The van der Waals surface area contributed by atoms with Crippen LogP contribution in [0.2, 0.25) is 0 Å². The van der Waals surface area contributed by atoms with Gasteiger partial charge in [0.05, 0.1) is 13.1 Å². The maximum atomic E-state index is 13.5. The first-order valence-corrected chi connectivity index (χ1v) is 13.0. The van der Waals surface area contributed by atoms with Gasteiger partial charge in [-0.3, -0.25) is 9.59 Å². The third-order valence-electron chi connectivity index (χ3n) is 6.16. The number of thiophene rings is 1. The monoisotopic (exact) mass is 494 g/mol. The molecule has 35 heavy (non-hydrogen) atoms. The van der Waals surface area contributed by atoms with Crippen molar-refractivity contribution in [2.75, 3.05) is 13.1 Å². The molecular formula is C29H35FN2O2S. The zero-order valence-electron chi connectivity index (χ0n) is 20.9. The van der Waals surface area contributed by atoms with Crippen molar-refractivity contribution in [3.63, 3.8) is 0 Å². The minimum absolute atomic E-state index is 0.00352. The van der Waals surface area contributed by atoms with Gasteiger partial charge in [-0.05, 0) is 54.7 Å². The molecule has 0 spiro atoms. The predicted molar refractivity (Wildman–Crippen MR) is 141 cm³/mol. The van der Waals surface area contributed by atoms with Gasteiger partial charge in [-0.2, -0.15) is 0 Å². The van der Waals surface area contributed by atoms with Crippen molar-refractivity contribution in [3.05, 3.63) is 93.4 Å².